The molecule has 0 saturated carbocycles. The molecule has 0 unspecified atom stereocenters. The molecule has 17 heavy (non-hydrogen) atoms. The minimum absolute atomic E-state index is 0.0503. The molecule has 4 nitrogen and oxygen atoms in total. The van der Waals surface area contributed by atoms with E-state index >= 15 is 0 Å². The lowest BCUT2D eigenvalue weighted by molar-refractivity contribution is -0.384. The van der Waals surface area contributed by atoms with Gasteiger partial charge in [0.25, 0.3) is 5.69 Å². The summed E-state index contributed by atoms with van der Waals surface area (Å²) in [5.74, 6) is 0. The number of nitrogens with two attached hydrogens (primary N) is 1. The Morgan fingerprint density at radius 2 is 1.76 bits per heavy atom. The lowest BCUT2D eigenvalue weighted by atomic mass is 10.0. The first kappa shape index (κ1) is 11.4. The van der Waals surface area contributed by atoms with Crippen LogP contribution < -0.4 is 5.73 Å². The number of benzene rings is 2. The fourth-order valence-electron chi connectivity index (χ4n) is 1.54. The van der Waals surface area contributed by atoms with Gasteiger partial charge in [0.2, 0.25) is 0 Å². The molecule has 0 heterocycles. The van der Waals surface area contributed by atoms with Gasteiger partial charge >= 0.3 is 0 Å². The van der Waals surface area contributed by atoms with Crippen LogP contribution in [-0.4, -0.2) is 4.92 Å². The average molecular weight is 249 g/mol. The normalized spacial score (nSPS) is 10.2. The number of halogens is 1. The summed E-state index contributed by atoms with van der Waals surface area (Å²) in [6, 6.07) is 11.3. The number of anilines is 1. The summed E-state index contributed by atoms with van der Waals surface area (Å²) < 4.78 is 0. The van der Waals surface area contributed by atoms with E-state index < -0.39 is 4.92 Å². The van der Waals surface area contributed by atoms with Crippen molar-refractivity contribution in [1.82, 2.24) is 0 Å². The summed E-state index contributed by atoms with van der Waals surface area (Å²) in [5, 5.41) is 11.1. The Kier molecular flexibility index (Phi) is 2.97. The first-order valence-corrected chi connectivity index (χ1v) is 5.25. The van der Waals surface area contributed by atoms with E-state index in [1.165, 1.54) is 12.1 Å². The summed E-state index contributed by atoms with van der Waals surface area (Å²) in [4.78, 5) is 10.1. The van der Waals surface area contributed by atoms with Gasteiger partial charge in [-0.15, -0.1) is 0 Å². The SMILES string of the molecule is Nc1ccc(Cl)cc1-c1ccc([N+](=O)[O-])cc1. The second-order valence-corrected chi connectivity index (χ2v) is 3.97. The zero-order valence-electron chi connectivity index (χ0n) is 8.76. The molecule has 0 radical (unpaired) electrons. The minimum atomic E-state index is -0.439. The van der Waals surface area contributed by atoms with Crippen molar-refractivity contribution in [3.05, 3.63) is 57.6 Å². The van der Waals surface area contributed by atoms with E-state index in [0.717, 1.165) is 11.1 Å². The second-order valence-electron chi connectivity index (χ2n) is 3.54. The number of hydrogen-bond donors (Lipinski definition) is 1. The summed E-state index contributed by atoms with van der Waals surface area (Å²) in [5.41, 5.74) is 8.04. The minimum Gasteiger partial charge on any atom is -0.398 e. The van der Waals surface area contributed by atoms with E-state index in [2.05, 4.69) is 0 Å². The lowest BCUT2D eigenvalue weighted by Crippen LogP contribution is -1.91. The van der Waals surface area contributed by atoms with Gasteiger partial charge in [0.05, 0.1) is 4.92 Å². The maximum atomic E-state index is 10.5. The fourth-order valence-corrected chi connectivity index (χ4v) is 1.71. The number of non-ortho nitro benzene ring substituents is 1. The third-order valence-corrected chi connectivity index (χ3v) is 2.64. The van der Waals surface area contributed by atoms with Crippen molar-refractivity contribution < 1.29 is 4.92 Å². The summed E-state index contributed by atoms with van der Waals surface area (Å²) in [7, 11) is 0. The molecule has 0 fully saturated rings. The van der Waals surface area contributed by atoms with Gasteiger partial charge in [-0.05, 0) is 35.9 Å². The zero-order chi connectivity index (χ0) is 12.4. The Hall–Kier alpha value is -2.07. The summed E-state index contributed by atoms with van der Waals surface area (Å²) in [6.45, 7) is 0. The quantitative estimate of drug-likeness (QED) is 0.502. The zero-order valence-corrected chi connectivity index (χ0v) is 9.52. The van der Waals surface area contributed by atoms with E-state index in [1.54, 1.807) is 30.3 Å². The Bertz CT molecular complexity index is 567. The Morgan fingerprint density at radius 3 is 2.35 bits per heavy atom. The molecule has 0 atom stereocenters. The highest BCUT2D eigenvalue weighted by Gasteiger charge is 2.07. The summed E-state index contributed by atoms with van der Waals surface area (Å²) >= 11 is 5.88. The molecule has 5 heteroatoms. The molecule has 0 aliphatic heterocycles. The van der Waals surface area contributed by atoms with Crippen molar-refractivity contribution in [1.29, 1.82) is 0 Å². The van der Waals surface area contributed by atoms with Crippen LogP contribution in [0.4, 0.5) is 11.4 Å². The van der Waals surface area contributed by atoms with Gasteiger partial charge in [-0.25, -0.2) is 0 Å². The summed E-state index contributed by atoms with van der Waals surface area (Å²) in [6.07, 6.45) is 0. The highest BCUT2D eigenvalue weighted by Crippen LogP contribution is 2.29. The van der Waals surface area contributed by atoms with Crippen LogP contribution in [0.15, 0.2) is 42.5 Å². The van der Waals surface area contributed by atoms with Crippen LogP contribution in [0, 0.1) is 10.1 Å². The monoisotopic (exact) mass is 248 g/mol. The standard InChI is InChI=1S/C12H9ClN2O2/c13-9-3-6-12(14)11(7-9)8-1-4-10(5-2-8)15(16)17/h1-7H,14H2. The molecular weight excluding hydrogens is 240 g/mol. The van der Waals surface area contributed by atoms with Crippen LogP contribution in [0.2, 0.25) is 5.02 Å². The molecule has 0 amide bonds. The largest absolute Gasteiger partial charge is 0.398 e. The Morgan fingerprint density at radius 1 is 1.12 bits per heavy atom. The number of nitro groups is 1. The highest BCUT2D eigenvalue weighted by atomic mass is 35.5. The van der Waals surface area contributed by atoms with Gasteiger partial charge in [0, 0.05) is 28.4 Å². The van der Waals surface area contributed by atoms with Crippen molar-refractivity contribution in [3.8, 4) is 11.1 Å². The first-order chi connectivity index (χ1) is 8.08. The topological polar surface area (TPSA) is 69.2 Å². The van der Waals surface area contributed by atoms with E-state index in [0.29, 0.717) is 10.7 Å². The number of hydrogen-bond acceptors (Lipinski definition) is 3. The number of nitrogens with zero attached hydrogens (tertiary/aromatic N) is 1. The van der Waals surface area contributed by atoms with E-state index in [1.807, 2.05) is 0 Å². The first-order valence-electron chi connectivity index (χ1n) is 4.88. The molecule has 2 rings (SSSR count). The van der Waals surface area contributed by atoms with E-state index in [-0.39, 0.29) is 5.69 Å². The van der Waals surface area contributed by atoms with Crippen LogP contribution in [-0.2, 0) is 0 Å². The number of nitrogen functional groups attached to an aromatic ring is 1. The maximum absolute atomic E-state index is 10.5. The van der Waals surface area contributed by atoms with E-state index in [9.17, 15) is 10.1 Å². The molecule has 0 aliphatic rings. The van der Waals surface area contributed by atoms with Gasteiger partial charge in [-0.2, -0.15) is 0 Å². The van der Waals surface area contributed by atoms with Crippen LogP contribution in [0.3, 0.4) is 0 Å². The van der Waals surface area contributed by atoms with Crippen LogP contribution in [0.5, 0.6) is 0 Å². The van der Waals surface area contributed by atoms with Gasteiger partial charge < -0.3 is 5.73 Å². The molecule has 86 valence electrons. The predicted octanol–water partition coefficient (Wildman–Crippen LogP) is 3.50. The van der Waals surface area contributed by atoms with Crippen molar-refractivity contribution in [2.45, 2.75) is 0 Å². The van der Waals surface area contributed by atoms with Crippen molar-refractivity contribution in [2.75, 3.05) is 5.73 Å². The van der Waals surface area contributed by atoms with Gasteiger partial charge in [-0.1, -0.05) is 11.6 Å². The third-order valence-electron chi connectivity index (χ3n) is 2.40. The third kappa shape index (κ3) is 2.37. The van der Waals surface area contributed by atoms with Crippen LogP contribution in [0.25, 0.3) is 11.1 Å². The van der Waals surface area contributed by atoms with Crippen LogP contribution >= 0.6 is 11.6 Å². The predicted molar refractivity (Wildman–Crippen MR) is 68.0 cm³/mol. The van der Waals surface area contributed by atoms with Crippen molar-refractivity contribution >= 4 is 23.0 Å². The molecule has 0 bridgehead atoms. The molecule has 0 aromatic heterocycles. The molecule has 0 spiro atoms. The second kappa shape index (κ2) is 4.43. The van der Waals surface area contributed by atoms with Crippen molar-refractivity contribution in [3.63, 3.8) is 0 Å². The van der Waals surface area contributed by atoms with Gasteiger partial charge in [-0.3, -0.25) is 10.1 Å². The Labute approximate surface area is 103 Å². The highest BCUT2D eigenvalue weighted by molar-refractivity contribution is 6.31. The Balaban J connectivity index is 2.46. The van der Waals surface area contributed by atoms with Gasteiger partial charge in [0.15, 0.2) is 0 Å². The molecule has 0 aliphatic carbocycles. The van der Waals surface area contributed by atoms with Gasteiger partial charge in [0.1, 0.15) is 0 Å². The lowest BCUT2D eigenvalue weighted by Gasteiger charge is -2.06. The number of nitro benzene ring substituents is 1. The molecule has 0 saturated heterocycles. The smallest absolute Gasteiger partial charge is 0.269 e. The van der Waals surface area contributed by atoms with Crippen molar-refractivity contribution in [2.24, 2.45) is 0 Å². The molecular formula is C12H9ClN2O2. The fraction of sp³-hybridized carbons (Fsp3) is 0. The molecule has 2 aromatic carbocycles. The number of rotatable bonds is 2. The molecule has 2 aromatic rings. The average Bonchev–Trinajstić information content (AvgIpc) is 2.32. The maximum Gasteiger partial charge on any atom is 0.269 e. The van der Waals surface area contributed by atoms with E-state index in [4.69, 9.17) is 17.3 Å². The van der Waals surface area contributed by atoms with Crippen LogP contribution in [0.1, 0.15) is 0 Å². The molecule has 2 N–H and O–H groups in total.